The summed E-state index contributed by atoms with van der Waals surface area (Å²) < 4.78 is 11.0. The van der Waals surface area contributed by atoms with Crippen LogP contribution >= 0.6 is 0 Å². The lowest BCUT2D eigenvalue weighted by atomic mass is 9.94. The maximum absolute atomic E-state index is 12.6. The molecule has 1 aliphatic heterocycles. The third-order valence-corrected chi connectivity index (χ3v) is 6.78. The summed E-state index contributed by atoms with van der Waals surface area (Å²) in [6, 6.07) is 8.53. The molecule has 2 aromatic rings. The topological polar surface area (TPSA) is 68.5 Å². The predicted molar refractivity (Wildman–Crippen MR) is 103 cm³/mol. The fourth-order valence-electron chi connectivity index (χ4n) is 4.91. The van der Waals surface area contributed by atoms with E-state index >= 15 is 0 Å². The molecule has 28 heavy (non-hydrogen) atoms. The highest BCUT2D eigenvalue weighted by Crippen LogP contribution is 2.53. The number of hydrogen-bond donors (Lipinski definition) is 0. The third-order valence-electron chi connectivity index (χ3n) is 6.78. The first-order valence-electron chi connectivity index (χ1n) is 10.5. The summed E-state index contributed by atoms with van der Waals surface area (Å²) in [4.78, 5) is 19.4. The summed E-state index contributed by atoms with van der Waals surface area (Å²) in [6.07, 6.45) is 8.56. The van der Waals surface area contributed by atoms with Gasteiger partial charge in [0, 0.05) is 24.9 Å². The van der Waals surface area contributed by atoms with Gasteiger partial charge in [-0.05, 0) is 43.4 Å². The molecule has 2 saturated carbocycles. The molecule has 1 aromatic carbocycles. The van der Waals surface area contributed by atoms with Crippen molar-refractivity contribution in [1.29, 1.82) is 0 Å². The number of hydrogen-bond acceptors (Lipinski definition) is 5. The smallest absolute Gasteiger partial charge is 0.237 e. The van der Waals surface area contributed by atoms with Crippen LogP contribution in [-0.2, 0) is 10.2 Å². The Bertz CT molecular complexity index is 850. The molecule has 148 valence electrons. The van der Waals surface area contributed by atoms with E-state index in [2.05, 4.69) is 22.2 Å². The molecular weight excluding hydrogens is 354 g/mol. The van der Waals surface area contributed by atoms with Crippen LogP contribution in [0, 0.1) is 0 Å². The van der Waals surface area contributed by atoms with Crippen molar-refractivity contribution < 1.29 is 14.1 Å². The van der Waals surface area contributed by atoms with Crippen molar-refractivity contribution in [3.63, 3.8) is 0 Å². The molecule has 1 unspecified atom stereocenters. The van der Waals surface area contributed by atoms with Crippen LogP contribution in [0.15, 0.2) is 28.8 Å². The maximum Gasteiger partial charge on any atom is 0.237 e. The van der Waals surface area contributed by atoms with E-state index in [0.29, 0.717) is 24.2 Å². The fourth-order valence-corrected chi connectivity index (χ4v) is 4.91. The number of methoxy groups -OCH3 is 1. The molecule has 3 aliphatic rings. The molecule has 2 heterocycles. The van der Waals surface area contributed by atoms with Crippen molar-refractivity contribution in [1.82, 2.24) is 15.0 Å². The fraction of sp³-hybridized carbons (Fsp3) is 0.591. The molecule has 3 fully saturated rings. The van der Waals surface area contributed by atoms with E-state index in [4.69, 9.17) is 14.2 Å². The molecule has 1 saturated heterocycles. The van der Waals surface area contributed by atoms with E-state index in [9.17, 15) is 4.79 Å². The highest BCUT2D eigenvalue weighted by Gasteiger charge is 2.51. The minimum Gasteiger partial charge on any atom is -0.497 e. The molecule has 0 radical (unpaired) electrons. The maximum atomic E-state index is 12.6. The Morgan fingerprint density at radius 3 is 2.57 bits per heavy atom. The minimum atomic E-state index is -0.164. The Morgan fingerprint density at radius 1 is 1.14 bits per heavy atom. The molecule has 6 heteroatoms. The van der Waals surface area contributed by atoms with Crippen LogP contribution in [0.1, 0.15) is 74.6 Å². The van der Waals surface area contributed by atoms with E-state index in [1.165, 1.54) is 24.8 Å². The van der Waals surface area contributed by atoms with E-state index < -0.39 is 0 Å². The van der Waals surface area contributed by atoms with E-state index in [0.717, 1.165) is 38.0 Å². The number of carbonyl (C=O) groups excluding carboxylic acids is 1. The number of amides is 1. The van der Waals surface area contributed by atoms with Gasteiger partial charge in [0.2, 0.25) is 11.8 Å². The van der Waals surface area contributed by atoms with Gasteiger partial charge in [-0.25, -0.2) is 0 Å². The van der Waals surface area contributed by atoms with E-state index in [1.54, 1.807) is 7.11 Å². The molecule has 0 bridgehead atoms. The molecule has 1 aromatic heterocycles. The standard InChI is InChI=1S/C22H27N3O3/c1-27-18-9-7-16(8-10-18)22(11-12-22)21-23-20(24-28-21)15-13-19(26)25(14-15)17-5-3-2-4-6-17/h7-10,15,17H,2-6,11-14H2,1H3. The van der Waals surface area contributed by atoms with Gasteiger partial charge in [0.25, 0.3) is 0 Å². The molecule has 0 spiro atoms. The number of nitrogens with zero attached hydrogens (tertiary/aromatic N) is 3. The van der Waals surface area contributed by atoms with Gasteiger partial charge >= 0.3 is 0 Å². The van der Waals surface area contributed by atoms with Crippen molar-refractivity contribution in [2.45, 2.75) is 68.7 Å². The van der Waals surface area contributed by atoms with Gasteiger partial charge in [0.1, 0.15) is 5.75 Å². The molecule has 1 atom stereocenters. The second-order valence-electron chi connectivity index (χ2n) is 8.51. The second-order valence-corrected chi connectivity index (χ2v) is 8.51. The van der Waals surface area contributed by atoms with Crippen LogP contribution in [0.25, 0.3) is 0 Å². The number of aromatic nitrogens is 2. The average molecular weight is 381 g/mol. The van der Waals surface area contributed by atoms with Gasteiger partial charge in [-0.2, -0.15) is 4.98 Å². The van der Waals surface area contributed by atoms with Crippen LogP contribution in [0.4, 0.5) is 0 Å². The van der Waals surface area contributed by atoms with E-state index in [1.807, 2.05) is 12.1 Å². The van der Waals surface area contributed by atoms with Gasteiger partial charge in [-0.3, -0.25) is 4.79 Å². The second kappa shape index (κ2) is 6.90. The lowest BCUT2D eigenvalue weighted by Crippen LogP contribution is -2.37. The van der Waals surface area contributed by atoms with Crippen LogP contribution in [0.3, 0.4) is 0 Å². The quantitative estimate of drug-likeness (QED) is 0.788. The predicted octanol–water partition coefficient (Wildman–Crippen LogP) is 3.81. The largest absolute Gasteiger partial charge is 0.497 e. The summed E-state index contributed by atoms with van der Waals surface area (Å²) in [7, 11) is 1.67. The zero-order chi connectivity index (χ0) is 19.1. The van der Waals surface area contributed by atoms with Gasteiger partial charge in [-0.1, -0.05) is 36.6 Å². The summed E-state index contributed by atoms with van der Waals surface area (Å²) >= 11 is 0. The Kier molecular flexibility index (Phi) is 4.37. The molecule has 5 rings (SSSR count). The Balaban J connectivity index is 1.33. The molecule has 0 N–H and O–H groups in total. The number of rotatable bonds is 5. The Labute approximate surface area is 165 Å². The summed E-state index contributed by atoms with van der Waals surface area (Å²) in [5.41, 5.74) is 1.03. The summed E-state index contributed by atoms with van der Waals surface area (Å²) in [5, 5.41) is 4.29. The van der Waals surface area contributed by atoms with Crippen LogP contribution < -0.4 is 4.74 Å². The summed E-state index contributed by atoms with van der Waals surface area (Å²) in [5.74, 6) is 2.54. The first kappa shape index (κ1) is 17.7. The molecule has 1 amide bonds. The highest BCUT2D eigenvalue weighted by molar-refractivity contribution is 5.79. The lowest BCUT2D eigenvalue weighted by molar-refractivity contribution is -0.130. The Hall–Kier alpha value is -2.37. The van der Waals surface area contributed by atoms with Gasteiger partial charge in [-0.15, -0.1) is 0 Å². The monoisotopic (exact) mass is 381 g/mol. The number of ether oxygens (including phenoxy) is 1. The van der Waals surface area contributed by atoms with Crippen molar-refractivity contribution in [2.75, 3.05) is 13.7 Å². The van der Waals surface area contributed by atoms with Crippen LogP contribution in [-0.4, -0.2) is 40.6 Å². The van der Waals surface area contributed by atoms with Crippen molar-refractivity contribution in [3.8, 4) is 5.75 Å². The van der Waals surface area contributed by atoms with Crippen LogP contribution in [0.2, 0.25) is 0 Å². The third kappa shape index (κ3) is 2.99. The lowest BCUT2D eigenvalue weighted by Gasteiger charge is -2.31. The molecule has 6 nitrogen and oxygen atoms in total. The van der Waals surface area contributed by atoms with Crippen molar-refractivity contribution >= 4 is 5.91 Å². The molecule has 2 aliphatic carbocycles. The SMILES string of the molecule is COc1ccc(C2(c3nc(C4CC(=O)N(C5CCCCC5)C4)no3)CC2)cc1. The van der Waals surface area contributed by atoms with E-state index in [-0.39, 0.29) is 17.2 Å². The van der Waals surface area contributed by atoms with Gasteiger partial charge < -0.3 is 14.2 Å². The van der Waals surface area contributed by atoms with Gasteiger partial charge in [0.15, 0.2) is 5.82 Å². The van der Waals surface area contributed by atoms with Gasteiger partial charge in [0.05, 0.1) is 12.5 Å². The Morgan fingerprint density at radius 2 is 1.89 bits per heavy atom. The highest BCUT2D eigenvalue weighted by atomic mass is 16.5. The molecular formula is C22H27N3O3. The minimum absolute atomic E-state index is 0.0543. The normalized spacial score (nSPS) is 24.5. The zero-order valence-corrected chi connectivity index (χ0v) is 16.4. The average Bonchev–Trinajstić information content (AvgIpc) is 3.22. The first-order chi connectivity index (χ1) is 13.7. The van der Waals surface area contributed by atoms with Crippen molar-refractivity contribution in [2.24, 2.45) is 0 Å². The number of benzene rings is 1. The number of carbonyl (C=O) groups is 1. The van der Waals surface area contributed by atoms with Crippen molar-refractivity contribution in [3.05, 3.63) is 41.5 Å². The van der Waals surface area contributed by atoms with Crippen LogP contribution in [0.5, 0.6) is 5.75 Å². The summed E-state index contributed by atoms with van der Waals surface area (Å²) in [6.45, 7) is 0.734. The zero-order valence-electron chi connectivity index (χ0n) is 16.4. The number of likely N-dealkylation sites (tertiary alicyclic amines) is 1. The first-order valence-corrected chi connectivity index (χ1v) is 10.5.